The van der Waals surface area contributed by atoms with Gasteiger partial charge in [0.2, 0.25) is 0 Å². The Morgan fingerprint density at radius 3 is 2.42 bits per heavy atom. The first-order valence-corrected chi connectivity index (χ1v) is 8.24. The lowest BCUT2D eigenvalue weighted by atomic mass is 10.1. The maximum absolute atomic E-state index is 12.4. The number of amides is 1. The number of ether oxygens (including phenoxy) is 2. The molecular weight excluding hydrogens is 336 g/mol. The molecule has 0 saturated carbocycles. The van der Waals surface area contributed by atoms with Crippen LogP contribution in [-0.4, -0.2) is 50.4 Å². The predicted octanol–water partition coefficient (Wildman–Crippen LogP) is 2.48. The molecule has 1 aliphatic rings. The molecule has 7 nitrogen and oxygen atoms in total. The second-order valence-corrected chi connectivity index (χ2v) is 5.82. The van der Waals surface area contributed by atoms with Crippen LogP contribution >= 0.6 is 0 Å². The van der Waals surface area contributed by atoms with Crippen molar-refractivity contribution in [1.29, 1.82) is 0 Å². The number of carboxylic acids is 1. The highest BCUT2D eigenvalue weighted by molar-refractivity contribution is 6.08. The lowest BCUT2D eigenvalue weighted by molar-refractivity contribution is 0.0698. The molecule has 1 aliphatic heterocycles. The third-order valence-corrected chi connectivity index (χ3v) is 4.21. The van der Waals surface area contributed by atoms with E-state index in [4.69, 9.17) is 9.47 Å². The Hall–Kier alpha value is -3.06. The van der Waals surface area contributed by atoms with Gasteiger partial charge >= 0.3 is 5.97 Å². The van der Waals surface area contributed by atoms with Crippen molar-refractivity contribution in [3.63, 3.8) is 0 Å². The van der Waals surface area contributed by atoms with Crippen molar-refractivity contribution in [2.24, 2.45) is 0 Å². The summed E-state index contributed by atoms with van der Waals surface area (Å²) in [6.45, 7) is 2.63. The summed E-state index contributed by atoms with van der Waals surface area (Å²) >= 11 is 0. The van der Waals surface area contributed by atoms with Gasteiger partial charge in [0.15, 0.2) is 0 Å². The summed E-state index contributed by atoms with van der Waals surface area (Å²) in [5.74, 6) is -0.831. The van der Waals surface area contributed by atoms with Gasteiger partial charge < -0.3 is 24.8 Å². The number of hydrogen-bond donors (Lipinski definition) is 2. The number of rotatable bonds is 5. The summed E-state index contributed by atoms with van der Waals surface area (Å²) in [6, 6.07) is 11.6. The highest BCUT2D eigenvalue weighted by atomic mass is 16.5. The quantitative estimate of drug-likeness (QED) is 0.856. The second-order valence-electron chi connectivity index (χ2n) is 5.82. The maximum atomic E-state index is 12.4. The number of morpholine rings is 1. The number of hydrogen-bond acceptors (Lipinski definition) is 5. The van der Waals surface area contributed by atoms with Crippen LogP contribution < -0.4 is 15.0 Å². The molecule has 2 aromatic carbocycles. The van der Waals surface area contributed by atoms with Crippen molar-refractivity contribution in [3.8, 4) is 5.75 Å². The van der Waals surface area contributed by atoms with Crippen LogP contribution in [0.2, 0.25) is 0 Å². The Balaban J connectivity index is 1.81. The molecule has 136 valence electrons. The van der Waals surface area contributed by atoms with E-state index in [2.05, 4.69) is 10.2 Å². The molecule has 1 amide bonds. The van der Waals surface area contributed by atoms with Crippen molar-refractivity contribution in [3.05, 3.63) is 53.6 Å². The van der Waals surface area contributed by atoms with Crippen molar-refractivity contribution >= 4 is 23.3 Å². The Kier molecular flexibility index (Phi) is 5.38. The van der Waals surface area contributed by atoms with Crippen LogP contribution in [0.25, 0.3) is 0 Å². The normalized spacial score (nSPS) is 14.0. The Bertz CT molecular complexity index is 798. The fraction of sp³-hybridized carbons (Fsp3) is 0.263. The van der Waals surface area contributed by atoms with Gasteiger partial charge in [-0.3, -0.25) is 4.79 Å². The third-order valence-electron chi connectivity index (χ3n) is 4.21. The molecule has 7 heteroatoms. The van der Waals surface area contributed by atoms with Gasteiger partial charge in [-0.15, -0.1) is 0 Å². The molecule has 0 unspecified atom stereocenters. The van der Waals surface area contributed by atoms with E-state index in [0.717, 1.165) is 5.69 Å². The van der Waals surface area contributed by atoms with Crippen LogP contribution in [0.1, 0.15) is 20.7 Å². The fourth-order valence-electron chi connectivity index (χ4n) is 2.77. The Labute approximate surface area is 151 Å². The first-order valence-electron chi connectivity index (χ1n) is 8.24. The van der Waals surface area contributed by atoms with Crippen LogP contribution in [0, 0.1) is 0 Å². The number of carbonyl (C=O) groups is 2. The molecule has 0 aromatic heterocycles. The summed E-state index contributed by atoms with van der Waals surface area (Å²) in [5, 5.41) is 12.2. The van der Waals surface area contributed by atoms with E-state index < -0.39 is 5.97 Å². The average Bonchev–Trinajstić information content (AvgIpc) is 2.68. The Morgan fingerprint density at radius 2 is 1.81 bits per heavy atom. The van der Waals surface area contributed by atoms with E-state index in [1.807, 2.05) is 0 Å². The van der Waals surface area contributed by atoms with Crippen LogP contribution in [-0.2, 0) is 4.74 Å². The molecule has 0 radical (unpaired) electrons. The molecule has 1 heterocycles. The average molecular weight is 356 g/mol. The van der Waals surface area contributed by atoms with Gasteiger partial charge in [0.25, 0.3) is 5.91 Å². The van der Waals surface area contributed by atoms with Gasteiger partial charge in [-0.1, -0.05) is 0 Å². The number of anilines is 2. The van der Waals surface area contributed by atoms with E-state index in [9.17, 15) is 14.7 Å². The number of nitrogens with one attached hydrogen (secondary N) is 1. The minimum Gasteiger partial charge on any atom is -0.497 e. The van der Waals surface area contributed by atoms with Crippen LogP contribution in [0.5, 0.6) is 5.75 Å². The predicted molar refractivity (Wildman–Crippen MR) is 97.4 cm³/mol. The molecule has 3 rings (SSSR count). The molecule has 0 atom stereocenters. The molecular formula is C19H20N2O5. The van der Waals surface area contributed by atoms with E-state index in [1.165, 1.54) is 0 Å². The van der Waals surface area contributed by atoms with Gasteiger partial charge in [-0.05, 0) is 42.5 Å². The molecule has 0 aliphatic carbocycles. The van der Waals surface area contributed by atoms with Gasteiger partial charge in [0, 0.05) is 24.3 Å². The van der Waals surface area contributed by atoms with Gasteiger partial charge in [-0.25, -0.2) is 4.79 Å². The molecule has 2 aromatic rings. The largest absolute Gasteiger partial charge is 0.497 e. The number of carboxylic acid groups (broad SMARTS) is 1. The van der Waals surface area contributed by atoms with E-state index in [0.29, 0.717) is 37.6 Å². The Morgan fingerprint density at radius 1 is 1.12 bits per heavy atom. The first kappa shape index (κ1) is 17.8. The molecule has 1 fully saturated rings. The van der Waals surface area contributed by atoms with Crippen LogP contribution in [0.15, 0.2) is 42.5 Å². The SMILES string of the molecule is COc1ccc(C(=O)Nc2ccc(N3CCOCC3)cc2C(=O)O)cc1. The lowest BCUT2D eigenvalue weighted by Gasteiger charge is -2.29. The number of carbonyl (C=O) groups excluding carboxylic acids is 1. The number of aromatic carboxylic acids is 1. The fourth-order valence-corrected chi connectivity index (χ4v) is 2.77. The zero-order valence-electron chi connectivity index (χ0n) is 14.4. The summed E-state index contributed by atoms with van der Waals surface area (Å²) in [5.41, 5.74) is 1.53. The smallest absolute Gasteiger partial charge is 0.337 e. The van der Waals surface area contributed by atoms with Crippen molar-refractivity contribution in [2.45, 2.75) is 0 Å². The number of nitrogens with zero attached hydrogens (tertiary/aromatic N) is 1. The minimum absolute atomic E-state index is 0.0517. The molecule has 26 heavy (non-hydrogen) atoms. The van der Waals surface area contributed by atoms with Gasteiger partial charge in [0.05, 0.1) is 31.6 Å². The van der Waals surface area contributed by atoms with E-state index in [1.54, 1.807) is 49.6 Å². The van der Waals surface area contributed by atoms with Crippen LogP contribution in [0.3, 0.4) is 0 Å². The summed E-state index contributed by atoms with van der Waals surface area (Å²) in [6.07, 6.45) is 0. The molecule has 2 N–H and O–H groups in total. The van der Waals surface area contributed by atoms with E-state index in [-0.39, 0.29) is 17.2 Å². The first-order chi connectivity index (χ1) is 12.6. The minimum atomic E-state index is -1.09. The molecule has 1 saturated heterocycles. The van der Waals surface area contributed by atoms with Gasteiger partial charge in [-0.2, -0.15) is 0 Å². The van der Waals surface area contributed by atoms with E-state index >= 15 is 0 Å². The number of benzene rings is 2. The number of methoxy groups -OCH3 is 1. The molecule has 0 spiro atoms. The lowest BCUT2D eigenvalue weighted by Crippen LogP contribution is -2.36. The standard InChI is InChI=1S/C19H20N2O5/c1-25-15-5-2-13(3-6-15)18(22)20-17-7-4-14(12-16(17)19(23)24)21-8-10-26-11-9-21/h2-7,12H,8-11H2,1H3,(H,20,22)(H,23,24). The zero-order chi connectivity index (χ0) is 18.5. The summed E-state index contributed by atoms with van der Waals surface area (Å²) in [4.78, 5) is 26.1. The topological polar surface area (TPSA) is 88.1 Å². The zero-order valence-corrected chi connectivity index (χ0v) is 14.4. The maximum Gasteiger partial charge on any atom is 0.337 e. The highest BCUT2D eigenvalue weighted by Crippen LogP contribution is 2.25. The van der Waals surface area contributed by atoms with Crippen molar-refractivity contribution < 1.29 is 24.2 Å². The third kappa shape index (κ3) is 3.94. The van der Waals surface area contributed by atoms with Crippen molar-refractivity contribution in [2.75, 3.05) is 43.6 Å². The second kappa shape index (κ2) is 7.88. The monoisotopic (exact) mass is 356 g/mol. The summed E-state index contributed by atoms with van der Waals surface area (Å²) < 4.78 is 10.4. The molecule has 0 bridgehead atoms. The van der Waals surface area contributed by atoms with Crippen molar-refractivity contribution in [1.82, 2.24) is 0 Å². The van der Waals surface area contributed by atoms with Gasteiger partial charge in [0.1, 0.15) is 5.75 Å². The summed E-state index contributed by atoms with van der Waals surface area (Å²) in [7, 11) is 1.55. The van der Waals surface area contributed by atoms with Crippen LogP contribution in [0.4, 0.5) is 11.4 Å². The highest BCUT2D eigenvalue weighted by Gasteiger charge is 2.18.